The standard InChI is InChI=1S/C9H5F3N3/c10-9(11,12)7-3-1-6(2-4-7)8-13-5-14-15-8/h1-4H,(H,13,14,15). The van der Waals surface area contributed by atoms with E-state index in [9.17, 15) is 13.2 Å². The van der Waals surface area contributed by atoms with Gasteiger partial charge in [0.15, 0.2) is 5.82 Å². The van der Waals surface area contributed by atoms with Crippen molar-refractivity contribution in [1.29, 1.82) is 0 Å². The van der Waals surface area contributed by atoms with E-state index in [-0.39, 0.29) is 0 Å². The van der Waals surface area contributed by atoms with Crippen LogP contribution < -0.4 is 0 Å². The van der Waals surface area contributed by atoms with E-state index >= 15 is 0 Å². The average Bonchev–Trinajstić information content (AvgIpc) is 2.69. The van der Waals surface area contributed by atoms with Crippen LogP contribution in [0.1, 0.15) is 5.56 Å². The lowest BCUT2D eigenvalue weighted by molar-refractivity contribution is -0.137. The molecule has 0 unspecified atom stereocenters. The molecule has 0 fully saturated rings. The van der Waals surface area contributed by atoms with Crippen molar-refractivity contribution >= 4 is 0 Å². The molecule has 0 aliphatic carbocycles. The number of alkyl halides is 3. The van der Waals surface area contributed by atoms with Gasteiger partial charge in [-0.3, -0.25) is 5.10 Å². The molecular weight excluding hydrogens is 207 g/mol. The van der Waals surface area contributed by atoms with Gasteiger partial charge in [0.1, 0.15) is 0 Å². The second-order valence-corrected chi connectivity index (χ2v) is 2.86. The summed E-state index contributed by atoms with van der Waals surface area (Å²) in [6, 6.07) is 4.66. The third kappa shape index (κ3) is 1.98. The Morgan fingerprint density at radius 2 is 1.80 bits per heavy atom. The van der Waals surface area contributed by atoms with E-state index < -0.39 is 11.7 Å². The fourth-order valence-electron chi connectivity index (χ4n) is 1.12. The van der Waals surface area contributed by atoms with Crippen molar-refractivity contribution < 1.29 is 13.2 Å². The predicted octanol–water partition coefficient (Wildman–Crippen LogP) is 2.29. The fourth-order valence-corrected chi connectivity index (χ4v) is 1.12. The quantitative estimate of drug-likeness (QED) is 0.787. The Hall–Kier alpha value is -1.85. The van der Waals surface area contributed by atoms with Crippen LogP contribution in [-0.4, -0.2) is 15.2 Å². The first-order valence-corrected chi connectivity index (χ1v) is 4.03. The van der Waals surface area contributed by atoms with Crippen molar-refractivity contribution in [1.82, 2.24) is 15.2 Å². The molecule has 1 aromatic carbocycles. The highest BCUT2D eigenvalue weighted by molar-refractivity contribution is 5.54. The van der Waals surface area contributed by atoms with Crippen LogP contribution >= 0.6 is 0 Å². The molecule has 1 aromatic heterocycles. The Balaban J connectivity index is 2.33. The van der Waals surface area contributed by atoms with Crippen molar-refractivity contribution in [3.05, 3.63) is 36.2 Å². The number of aromatic amines is 1. The third-order valence-corrected chi connectivity index (χ3v) is 1.86. The molecule has 1 radical (unpaired) electrons. The Bertz CT molecular complexity index is 431. The van der Waals surface area contributed by atoms with Crippen LogP contribution in [0.25, 0.3) is 11.4 Å². The molecule has 0 bridgehead atoms. The van der Waals surface area contributed by atoms with Crippen molar-refractivity contribution in [3.63, 3.8) is 0 Å². The first-order valence-electron chi connectivity index (χ1n) is 4.03. The Morgan fingerprint density at radius 3 is 2.27 bits per heavy atom. The highest BCUT2D eigenvalue weighted by atomic mass is 19.4. The third-order valence-electron chi connectivity index (χ3n) is 1.86. The molecule has 0 aliphatic rings. The first-order chi connectivity index (χ1) is 7.07. The minimum Gasteiger partial charge on any atom is -0.259 e. The minimum atomic E-state index is -4.31. The monoisotopic (exact) mass is 212 g/mol. The minimum absolute atomic E-state index is 0.392. The van der Waals surface area contributed by atoms with Gasteiger partial charge in [0, 0.05) is 5.56 Å². The van der Waals surface area contributed by atoms with E-state index in [2.05, 4.69) is 21.5 Å². The smallest absolute Gasteiger partial charge is 0.259 e. The SMILES string of the molecule is FC(F)(F)c1ccc(-c2n[c]n[nH]2)cc1. The Morgan fingerprint density at radius 1 is 1.13 bits per heavy atom. The lowest BCUT2D eigenvalue weighted by Crippen LogP contribution is -2.04. The maximum atomic E-state index is 12.2. The van der Waals surface area contributed by atoms with Gasteiger partial charge in [0.05, 0.1) is 5.56 Å². The van der Waals surface area contributed by atoms with Crippen LogP contribution in [0.2, 0.25) is 0 Å². The number of benzene rings is 1. The number of halogens is 3. The van der Waals surface area contributed by atoms with Crippen LogP contribution in [0.3, 0.4) is 0 Å². The van der Waals surface area contributed by atoms with Crippen molar-refractivity contribution in [2.75, 3.05) is 0 Å². The lowest BCUT2D eigenvalue weighted by atomic mass is 10.1. The number of nitrogens with one attached hydrogen (secondary N) is 1. The first kappa shape index (κ1) is 9.70. The van der Waals surface area contributed by atoms with E-state index in [0.717, 1.165) is 12.1 Å². The number of aromatic nitrogens is 3. The highest BCUT2D eigenvalue weighted by Crippen LogP contribution is 2.30. The summed E-state index contributed by atoms with van der Waals surface area (Å²) in [7, 11) is 0. The van der Waals surface area contributed by atoms with Gasteiger partial charge in [-0.15, -0.1) is 5.10 Å². The normalized spacial score (nSPS) is 11.7. The molecule has 15 heavy (non-hydrogen) atoms. The zero-order valence-electron chi connectivity index (χ0n) is 7.34. The molecule has 0 saturated heterocycles. The van der Waals surface area contributed by atoms with E-state index in [1.54, 1.807) is 0 Å². The summed E-state index contributed by atoms with van der Waals surface area (Å²) in [5.41, 5.74) is -0.147. The van der Waals surface area contributed by atoms with Gasteiger partial charge >= 0.3 is 6.18 Å². The molecule has 2 rings (SSSR count). The zero-order valence-corrected chi connectivity index (χ0v) is 7.34. The molecular formula is C9H5F3N3. The molecule has 77 valence electrons. The molecule has 0 saturated carbocycles. The maximum absolute atomic E-state index is 12.2. The van der Waals surface area contributed by atoms with Gasteiger partial charge < -0.3 is 0 Å². The van der Waals surface area contributed by atoms with E-state index in [1.807, 2.05) is 0 Å². The highest BCUT2D eigenvalue weighted by Gasteiger charge is 2.29. The maximum Gasteiger partial charge on any atom is 0.416 e. The topological polar surface area (TPSA) is 41.6 Å². The second-order valence-electron chi connectivity index (χ2n) is 2.86. The largest absolute Gasteiger partial charge is 0.416 e. The van der Waals surface area contributed by atoms with E-state index in [0.29, 0.717) is 11.4 Å². The van der Waals surface area contributed by atoms with Crippen LogP contribution in [0.4, 0.5) is 13.2 Å². The number of nitrogens with zero attached hydrogens (tertiary/aromatic N) is 2. The summed E-state index contributed by atoms with van der Waals surface area (Å²) >= 11 is 0. The molecule has 0 amide bonds. The number of hydrogen-bond acceptors (Lipinski definition) is 2. The summed E-state index contributed by atoms with van der Waals surface area (Å²) in [6.45, 7) is 0. The second kappa shape index (κ2) is 3.38. The lowest BCUT2D eigenvalue weighted by Gasteiger charge is -2.06. The Labute approximate surface area is 83.0 Å². The van der Waals surface area contributed by atoms with Crippen LogP contribution in [0.15, 0.2) is 24.3 Å². The van der Waals surface area contributed by atoms with Gasteiger partial charge in [-0.05, 0) is 12.1 Å². The van der Waals surface area contributed by atoms with Gasteiger partial charge in [0.25, 0.3) is 0 Å². The molecule has 0 spiro atoms. The van der Waals surface area contributed by atoms with Gasteiger partial charge in [-0.25, -0.2) is 4.98 Å². The van der Waals surface area contributed by atoms with Crippen molar-refractivity contribution in [2.45, 2.75) is 6.18 Å². The number of H-pyrrole nitrogens is 1. The molecule has 0 aliphatic heterocycles. The van der Waals surface area contributed by atoms with E-state index in [4.69, 9.17) is 0 Å². The summed E-state index contributed by atoms with van der Waals surface area (Å²) < 4.78 is 36.7. The molecule has 2 aromatic rings. The molecule has 1 N–H and O–H groups in total. The van der Waals surface area contributed by atoms with Crippen LogP contribution in [0.5, 0.6) is 0 Å². The van der Waals surface area contributed by atoms with Gasteiger partial charge in [0.2, 0.25) is 6.33 Å². The van der Waals surface area contributed by atoms with Crippen molar-refractivity contribution in [2.24, 2.45) is 0 Å². The summed E-state index contributed by atoms with van der Waals surface area (Å²) in [6.07, 6.45) is -2.02. The number of hydrogen-bond donors (Lipinski definition) is 1. The Kier molecular flexibility index (Phi) is 2.18. The fraction of sp³-hybridized carbons (Fsp3) is 0.111. The van der Waals surface area contributed by atoms with Gasteiger partial charge in [-0.2, -0.15) is 13.2 Å². The molecule has 3 nitrogen and oxygen atoms in total. The summed E-state index contributed by atoms with van der Waals surface area (Å²) in [5, 5.41) is 6.00. The number of rotatable bonds is 1. The summed E-state index contributed by atoms with van der Waals surface area (Å²) in [5.74, 6) is 0.392. The van der Waals surface area contributed by atoms with Crippen LogP contribution in [0, 0.1) is 6.33 Å². The van der Waals surface area contributed by atoms with Crippen LogP contribution in [-0.2, 0) is 6.18 Å². The summed E-state index contributed by atoms with van der Waals surface area (Å²) in [4.78, 5) is 3.71. The molecule has 1 heterocycles. The van der Waals surface area contributed by atoms with Gasteiger partial charge in [-0.1, -0.05) is 12.1 Å². The van der Waals surface area contributed by atoms with E-state index in [1.165, 1.54) is 12.1 Å². The average molecular weight is 212 g/mol. The molecule has 0 atom stereocenters. The van der Waals surface area contributed by atoms with Crippen molar-refractivity contribution in [3.8, 4) is 11.4 Å². The predicted molar refractivity (Wildman–Crippen MR) is 45.7 cm³/mol. The molecule has 6 heteroatoms. The zero-order chi connectivity index (χ0) is 10.9.